The summed E-state index contributed by atoms with van der Waals surface area (Å²) in [6.45, 7) is 1.94. The highest BCUT2D eigenvalue weighted by Crippen LogP contribution is 2.34. The van der Waals surface area contributed by atoms with Gasteiger partial charge < -0.3 is 14.9 Å². The molecule has 0 unspecified atom stereocenters. The number of hydrogen-bond donors (Lipinski definition) is 0. The largest absolute Gasteiger partial charge is 0.482 e. The maximum Gasteiger partial charge on any atom is 0.406 e. The Bertz CT molecular complexity index is 388. The van der Waals surface area contributed by atoms with Crippen LogP contribution in [0.2, 0.25) is 0 Å². The first-order valence-corrected chi connectivity index (χ1v) is 5.01. The van der Waals surface area contributed by atoms with E-state index in [0.717, 1.165) is 18.4 Å². The number of rotatable bonds is 4. The molecule has 1 aromatic rings. The van der Waals surface area contributed by atoms with E-state index in [2.05, 4.69) is 4.98 Å². The molecule has 1 aliphatic rings. The maximum absolute atomic E-state index is 10.8. The van der Waals surface area contributed by atoms with Crippen molar-refractivity contribution in [2.45, 2.75) is 32.3 Å². The average Bonchev–Trinajstić information content (AvgIpc) is 3.01. The number of nitro groups is 1. The van der Waals surface area contributed by atoms with Gasteiger partial charge in [0, 0.05) is 5.56 Å². The topological polar surface area (TPSA) is 65.3 Å². The normalized spacial score (nSPS) is 15.0. The van der Waals surface area contributed by atoms with E-state index in [1.807, 2.05) is 6.92 Å². The third-order valence-corrected chi connectivity index (χ3v) is 2.33. The highest BCUT2D eigenvalue weighted by molar-refractivity contribution is 5.46. The van der Waals surface area contributed by atoms with Gasteiger partial charge in [-0.15, -0.1) is 0 Å². The summed E-state index contributed by atoms with van der Waals surface area (Å²) < 4.78 is 5.54. The minimum absolute atomic E-state index is 0.151. The molecule has 0 aliphatic heterocycles. The highest BCUT2D eigenvalue weighted by atomic mass is 16.6. The Kier molecular flexibility index (Phi) is 2.53. The number of hydrogen-bond acceptors (Lipinski definition) is 4. The van der Waals surface area contributed by atoms with Gasteiger partial charge in [-0.3, -0.25) is 0 Å². The standard InChI is InChI=1S/C10H12N2O3/c1-2-7-5-6-11-10(12(13)14)9(7)15-8-3-4-8/h5-6,8H,2-4H2,1H3. The Labute approximate surface area is 87.2 Å². The van der Waals surface area contributed by atoms with Crippen molar-refractivity contribution in [1.29, 1.82) is 0 Å². The van der Waals surface area contributed by atoms with Gasteiger partial charge in [0.25, 0.3) is 0 Å². The van der Waals surface area contributed by atoms with Crippen LogP contribution < -0.4 is 4.74 Å². The summed E-state index contributed by atoms with van der Waals surface area (Å²) in [6.07, 6.45) is 4.28. The molecule has 0 bridgehead atoms. The zero-order valence-corrected chi connectivity index (χ0v) is 8.47. The van der Waals surface area contributed by atoms with Crippen molar-refractivity contribution in [3.8, 4) is 5.75 Å². The van der Waals surface area contributed by atoms with Crippen LogP contribution in [0.1, 0.15) is 25.3 Å². The fourth-order valence-corrected chi connectivity index (χ4v) is 1.37. The zero-order valence-electron chi connectivity index (χ0n) is 8.47. The maximum atomic E-state index is 10.8. The molecular formula is C10H12N2O3. The van der Waals surface area contributed by atoms with Gasteiger partial charge in [0.2, 0.25) is 5.75 Å². The van der Waals surface area contributed by atoms with Crippen LogP contribution in [0.25, 0.3) is 0 Å². The molecule has 80 valence electrons. The van der Waals surface area contributed by atoms with E-state index in [-0.39, 0.29) is 11.9 Å². The molecule has 5 nitrogen and oxygen atoms in total. The molecule has 1 saturated carbocycles. The molecule has 0 radical (unpaired) electrons. The van der Waals surface area contributed by atoms with Crippen molar-refractivity contribution in [2.75, 3.05) is 0 Å². The van der Waals surface area contributed by atoms with E-state index < -0.39 is 4.92 Å². The Morgan fingerprint density at radius 2 is 2.40 bits per heavy atom. The van der Waals surface area contributed by atoms with Crippen LogP contribution in [0.4, 0.5) is 5.82 Å². The molecule has 1 aliphatic carbocycles. The first-order valence-electron chi connectivity index (χ1n) is 5.01. The first kappa shape index (κ1) is 9.89. The van der Waals surface area contributed by atoms with Gasteiger partial charge in [-0.1, -0.05) is 6.92 Å². The third-order valence-electron chi connectivity index (χ3n) is 2.33. The Morgan fingerprint density at radius 3 is 2.93 bits per heavy atom. The number of pyridine rings is 1. The number of ether oxygens (including phenoxy) is 1. The molecule has 5 heteroatoms. The molecule has 0 saturated heterocycles. The Balaban J connectivity index is 2.38. The van der Waals surface area contributed by atoms with Crippen LogP contribution in [0.3, 0.4) is 0 Å². The van der Waals surface area contributed by atoms with Crippen LogP contribution in [-0.2, 0) is 6.42 Å². The molecule has 0 atom stereocenters. The second-order valence-corrected chi connectivity index (χ2v) is 3.55. The second-order valence-electron chi connectivity index (χ2n) is 3.55. The SMILES string of the molecule is CCc1ccnc([N+](=O)[O-])c1OC1CC1. The monoisotopic (exact) mass is 208 g/mol. The lowest BCUT2D eigenvalue weighted by molar-refractivity contribution is -0.390. The lowest BCUT2D eigenvalue weighted by Gasteiger charge is -2.08. The van der Waals surface area contributed by atoms with Crippen molar-refractivity contribution in [1.82, 2.24) is 4.98 Å². The molecule has 1 heterocycles. The number of nitrogens with zero attached hydrogens (tertiary/aromatic N) is 2. The predicted molar refractivity (Wildman–Crippen MR) is 53.9 cm³/mol. The van der Waals surface area contributed by atoms with Gasteiger partial charge in [-0.2, -0.15) is 0 Å². The Hall–Kier alpha value is -1.65. The molecule has 0 N–H and O–H groups in total. The van der Waals surface area contributed by atoms with E-state index in [1.54, 1.807) is 6.07 Å². The average molecular weight is 208 g/mol. The van der Waals surface area contributed by atoms with Gasteiger partial charge in [0.15, 0.2) is 0 Å². The third kappa shape index (κ3) is 2.06. The second kappa shape index (κ2) is 3.84. The molecule has 0 spiro atoms. The smallest absolute Gasteiger partial charge is 0.406 e. The van der Waals surface area contributed by atoms with Crippen LogP contribution in [0, 0.1) is 10.1 Å². The quantitative estimate of drug-likeness (QED) is 0.561. The van der Waals surface area contributed by atoms with Crippen molar-refractivity contribution < 1.29 is 9.66 Å². The van der Waals surface area contributed by atoms with Crippen LogP contribution in [0.5, 0.6) is 5.75 Å². The highest BCUT2D eigenvalue weighted by Gasteiger charge is 2.29. The van der Waals surface area contributed by atoms with Gasteiger partial charge in [0.1, 0.15) is 6.20 Å². The minimum Gasteiger partial charge on any atom is -0.482 e. The lowest BCUT2D eigenvalue weighted by Crippen LogP contribution is -2.04. The molecule has 1 fully saturated rings. The molecule has 2 rings (SSSR count). The van der Waals surface area contributed by atoms with Crippen LogP contribution in [-0.4, -0.2) is 16.0 Å². The predicted octanol–water partition coefficient (Wildman–Crippen LogP) is 2.09. The van der Waals surface area contributed by atoms with Crippen LogP contribution >= 0.6 is 0 Å². The van der Waals surface area contributed by atoms with Gasteiger partial charge in [-0.25, -0.2) is 0 Å². The molecule has 0 amide bonds. The van der Waals surface area contributed by atoms with Gasteiger partial charge in [0.05, 0.1) is 6.10 Å². The van der Waals surface area contributed by atoms with Gasteiger partial charge >= 0.3 is 5.82 Å². The summed E-state index contributed by atoms with van der Waals surface area (Å²) in [6, 6.07) is 1.77. The zero-order chi connectivity index (χ0) is 10.8. The molecular weight excluding hydrogens is 196 g/mol. The number of aryl methyl sites for hydroxylation is 1. The fourth-order valence-electron chi connectivity index (χ4n) is 1.37. The molecule has 0 aromatic carbocycles. The van der Waals surface area contributed by atoms with E-state index in [0.29, 0.717) is 12.2 Å². The number of aromatic nitrogens is 1. The molecule has 1 aromatic heterocycles. The van der Waals surface area contributed by atoms with Crippen LogP contribution in [0.15, 0.2) is 12.3 Å². The summed E-state index contributed by atoms with van der Waals surface area (Å²) in [4.78, 5) is 14.0. The van der Waals surface area contributed by atoms with Crippen molar-refractivity contribution in [3.63, 3.8) is 0 Å². The van der Waals surface area contributed by atoms with Crippen molar-refractivity contribution >= 4 is 5.82 Å². The minimum atomic E-state index is -0.489. The van der Waals surface area contributed by atoms with Gasteiger partial charge in [-0.05, 0) is 35.2 Å². The summed E-state index contributed by atoms with van der Waals surface area (Å²) >= 11 is 0. The fraction of sp³-hybridized carbons (Fsp3) is 0.500. The summed E-state index contributed by atoms with van der Waals surface area (Å²) in [5, 5.41) is 10.8. The summed E-state index contributed by atoms with van der Waals surface area (Å²) in [5.74, 6) is 0.189. The molecule has 15 heavy (non-hydrogen) atoms. The Morgan fingerprint density at radius 1 is 1.67 bits per heavy atom. The van der Waals surface area contributed by atoms with E-state index >= 15 is 0 Å². The van der Waals surface area contributed by atoms with Crippen molar-refractivity contribution in [2.24, 2.45) is 0 Å². The van der Waals surface area contributed by atoms with E-state index in [9.17, 15) is 10.1 Å². The van der Waals surface area contributed by atoms with E-state index in [1.165, 1.54) is 6.20 Å². The summed E-state index contributed by atoms with van der Waals surface area (Å²) in [7, 11) is 0. The van der Waals surface area contributed by atoms with E-state index in [4.69, 9.17) is 4.74 Å². The van der Waals surface area contributed by atoms with Crippen molar-refractivity contribution in [3.05, 3.63) is 27.9 Å². The lowest BCUT2D eigenvalue weighted by atomic mass is 10.2. The first-order chi connectivity index (χ1) is 7.22. The summed E-state index contributed by atoms with van der Waals surface area (Å²) in [5.41, 5.74) is 0.851.